The zero-order chi connectivity index (χ0) is 13.7. The number of rotatable bonds is 2. The molecule has 106 valence electrons. The van der Waals surface area contributed by atoms with Crippen LogP contribution >= 0.6 is 0 Å². The second-order valence-corrected chi connectivity index (χ2v) is 7.04. The van der Waals surface area contributed by atoms with Crippen LogP contribution in [-0.2, 0) is 4.79 Å². The molecule has 0 atom stereocenters. The number of carbonyl (C=O) groups excluding carboxylic acids is 1. The van der Waals surface area contributed by atoms with Crippen molar-refractivity contribution in [3.05, 3.63) is 24.3 Å². The minimum absolute atomic E-state index is 0.0870. The van der Waals surface area contributed by atoms with Gasteiger partial charge in [0.1, 0.15) is 5.82 Å². The third-order valence-corrected chi connectivity index (χ3v) is 5.48. The van der Waals surface area contributed by atoms with Crippen molar-refractivity contribution in [2.75, 3.05) is 5.32 Å². The summed E-state index contributed by atoms with van der Waals surface area (Å²) in [6.45, 7) is 0. The van der Waals surface area contributed by atoms with Gasteiger partial charge in [-0.3, -0.25) is 9.78 Å². The Morgan fingerprint density at radius 3 is 2.30 bits per heavy atom. The average Bonchev–Trinajstić information content (AvgIpc) is 2.37. The van der Waals surface area contributed by atoms with E-state index in [1.54, 1.807) is 0 Å². The van der Waals surface area contributed by atoms with Crippen molar-refractivity contribution >= 4 is 11.6 Å². The van der Waals surface area contributed by atoms with Crippen molar-refractivity contribution in [2.45, 2.75) is 38.5 Å². The van der Waals surface area contributed by atoms with Gasteiger partial charge in [-0.2, -0.15) is 0 Å². The summed E-state index contributed by atoms with van der Waals surface area (Å²) in [6, 6.07) is 1.34. The maximum Gasteiger partial charge on any atom is 0.230 e. The highest BCUT2D eigenvalue weighted by Crippen LogP contribution is 2.60. The molecule has 4 aliphatic rings. The highest BCUT2D eigenvalue weighted by atomic mass is 19.1. The summed E-state index contributed by atoms with van der Waals surface area (Å²) in [7, 11) is 0. The van der Waals surface area contributed by atoms with Crippen LogP contribution in [-0.4, -0.2) is 10.9 Å². The molecular weight excluding hydrogens is 255 g/mol. The van der Waals surface area contributed by atoms with Crippen LogP contribution in [0.25, 0.3) is 0 Å². The van der Waals surface area contributed by atoms with Crippen LogP contribution in [0.1, 0.15) is 38.5 Å². The number of carbonyl (C=O) groups is 1. The lowest BCUT2D eigenvalue weighted by molar-refractivity contribution is -0.140. The van der Waals surface area contributed by atoms with E-state index in [4.69, 9.17) is 0 Å². The van der Waals surface area contributed by atoms with Crippen LogP contribution < -0.4 is 5.32 Å². The number of hydrogen-bond acceptors (Lipinski definition) is 2. The van der Waals surface area contributed by atoms with Gasteiger partial charge in [-0.15, -0.1) is 0 Å². The molecule has 0 aromatic carbocycles. The van der Waals surface area contributed by atoms with Crippen LogP contribution in [0.3, 0.4) is 0 Å². The Kier molecular flexibility index (Phi) is 2.63. The number of nitrogens with zero attached hydrogens (tertiary/aromatic N) is 1. The third kappa shape index (κ3) is 1.93. The smallest absolute Gasteiger partial charge is 0.230 e. The fraction of sp³-hybridized carbons (Fsp3) is 0.625. The highest BCUT2D eigenvalue weighted by Gasteiger charge is 2.54. The van der Waals surface area contributed by atoms with Crippen molar-refractivity contribution in [3.8, 4) is 0 Å². The third-order valence-electron chi connectivity index (χ3n) is 5.48. The predicted octanol–water partition coefficient (Wildman–Crippen LogP) is 3.38. The van der Waals surface area contributed by atoms with E-state index in [0.29, 0.717) is 5.69 Å². The molecule has 1 aromatic rings. The maximum atomic E-state index is 13.2. The summed E-state index contributed by atoms with van der Waals surface area (Å²) in [5.74, 6) is 1.88. The molecule has 20 heavy (non-hydrogen) atoms. The molecule has 4 heteroatoms. The molecule has 0 spiro atoms. The first-order chi connectivity index (χ1) is 9.63. The first-order valence-electron chi connectivity index (χ1n) is 7.55. The fourth-order valence-corrected chi connectivity index (χ4v) is 5.13. The Balaban J connectivity index is 1.56. The molecule has 1 aromatic heterocycles. The molecule has 4 aliphatic carbocycles. The standard InChI is InChI=1S/C16H19FN2O/c17-13-4-14(9-18-8-13)19-15(20)16-5-10-1-11(6-16)3-12(2-10)7-16/h4,8-12H,1-3,5-7H2,(H,19,20). The summed E-state index contributed by atoms with van der Waals surface area (Å²) in [6.07, 6.45) is 9.67. The second kappa shape index (κ2) is 4.27. The summed E-state index contributed by atoms with van der Waals surface area (Å²) in [5, 5.41) is 2.90. The molecular formula is C16H19FN2O. The van der Waals surface area contributed by atoms with Crippen molar-refractivity contribution in [1.29, 1.82) is 0 Å². The van der Waals surface area contributed by atoms with E-state index >= 15 is 0 Å². The molecule has 0 aliphatic heterocycles. The van der Waals surface area contributed by atoms with E-state index < -0.39 is 5.82 Å². The molecule has 5 rings (SSSR count). The Labute approximate surface area is 118 Å². The van der Waals surface area contributed by atoms with Gasteiger partial charge in [0.25, 0.3) is 0 Å². The second-order valence-electron chi connectivity index (χ2n) is 7.04. The van der Waals surface area contributed by atoms with Crippen LogP contribution in [0.2, 0.25) is 0 Å². The van der Waals surface area contributed by atoms with Crippen molar-refractivity contribution in [1.82, 2.24) is 4.98 Å². The Bertz CT molecular complexity index is 522. The fourth-order valence-electron chi connectivity index (χ4n) is 5.13. The van der Waals surface area contributed by atoms with E-state index in [0.717, 1.165) is 43.2 Å². The normalized spacial score (nSPS) is 38.0. The Morgan fingerprint density at radius 2 is 1.75 bits per heavy atom. The SMILES string of the molecule is O=C(Nc1cncc(F)c1)C12CC3CC(CC(C3)C1)C2. The van der Waals surface area contributed by atoms with E-state index in [9.17, 15) is 9.18 Å². The van der Waals surface area contributed by atoms with E-state index in [1.165, 1.54) is 31.5 Å². The van der Waals surface area contributed by atoms with Gasteiger partial charge < -0.3 is 5.32 Å². The minimum Gasteiger partial charge on any atom is -0.324 e. The minimum atomic E-state index is -0.409. The number of pyridine rings is 1. The summed E-state index contributed by atoms with van der Waals surface area (Å²) < 4.78 is 13.2. The monoisotopic (exact) mass is 274 g/mol. The van der Waals surface area contributed by atoms with Crippen LogP contribution in [0.4, 0.5) is 10.1 Å². The van der Waals surface area contributed by atoms with Crippen LogP contribution in [0.5, 0.6) is 0 Å². The molecule has 4 bridgehead atoms. The van der Waals surface area contributed by atoms with Gasteiger partial charge in [0.15, 0.2) is 0 Å². The van der Waals surface area contributed by atoms with Gasteiger partial charge in [0, 0.05) is 6.07 Å². The van der Waals surface area contributed by atoms with Crippen molar-refractivity contribution < 1.29 is 9.18 Å². The number of anilines is 1. The van der Waals surface area contributed by atoms with Gasteiger partial charge in [-0.1, -0.05) is 0 Å². The molecule has 0 unspecified atom stereocenters. The lowest BCUT2D eigenvalue weighted by Crippen LogP contribution is -2.51. The number of amides is 1. The summed E-state index contributed by atoms with van der Waals surface area (Å²) in [5.41, 5.74) is 0.284. The van der Waals surface area contributed by atoms with Crippen LogP contribution in [0, 0.1) is 29.0 Å². The van der Waals surface area contributed by atoms with Crippen molar-refractivity contribution in [3.63, 3.8) is 0 Å². The van der Waals surface area contributed by atoms with Gasteiger partial charge in [0.2, 0.25) is 5.91 Å². The number of nitrogens with one attached hydrogen (secondary N) is 1. The maximum absolute atomic E-state index is 13.2. The quantitative estimate of drug-likeness (QED) is 0.898. The van der Waals surface area contributed by atoms with E-state index in [1.807, 2.05) is 0 Å². The first kappa shape index (κ1) is 12.3. The molecule has 1 amide bonds. The molecule has 1 N–H and O–H groups in total. The largest absolute Gasteiger partial charge is 0.324 e. The molecule has 1 heterocycles. The molecule has 4 saturated carbocycles. The lowest BCUT2D eigenvalue weighted by Gasteiger charge is -2.55. The zero-order valence-corrected chi connectivity index (χ0v) is 11.4. The van der Waals surface area contributed by atoms with Crippen LogP contribution in [0.15, 0.2) is 18.5 Å². The molecule has 0 radical (unpaired) electrons. The molecule has 4 fully saturated rings. The number of halogens is 1. The zero-order valence-electron chi connectivity index (χ0n) is 11.4. The lowest BCUT2D eigenvalue weighted by atomic mass is 9.49. The van der Waals surface area contributed by atoms with Gasteiger partial charge >= 0.3 is 0 Å². The molecule has 3 nitrogen and oxygen atoms in total. The predicted molar refractivity (Wildman–Crippen MR) is 73.4 cm³/mol. The van der Waals surface area contributed by atoms with E-state index in [-0.39, 0.29) is 11.3 Å². The number of aromatic nitrogens is 1. The number of hydrogen-bond donors (Lipinski definition) is 1. The highest BCUT2D eigenvalue weighted by molar-refractivity contribution is 5.95. The average molecular weight is 274 g/mol. The topological polar surface area (TPSA) is 42.0 Å². The summed E-state index contributed by atoms with van der Waals surface area (Å²) >= 11 is 0. The Hall–Kier alpha value is -1.45. The molecule has 0 saturated heterocycles. The van der Waals surface area contributed by atoms with Gasteiger partial charge in [-0.05, 0) is 56.3 Å². The first-order valence-corrected chi connectivity index (χ1v) is 7.55. The summed E-state index contributed by atoms with van der Waals surface area (Å²) in [4.78, 5) is 16.5. The van der Waals surface area contributed by atoms with Gasteiger partial charge in [-0.25, -0.2) is 4.39 Å². The van der Waals surface area contributed by atoms with Crippen molar-refractivity contribution in [2.24, 2.45) is 23.2 Å². The Morgan fingerprint density at radius 1 is 1.15 bits per heavy atom. The van der Waals surface area contributed by atoms with Gasteiger partial charge in [0.05, 0.1) is 23.5 Å². The van der Waals surface area contributed by atoms with E-state index in [2.05, 4.69) is 10.3 Å².